The Morgan fingerprint density at radius 3 is 2.69 bits per heavy atom. The molecule has 1 aromatic carbocycles. The van der Waals surface area contributed by atoms with Crippen molar-refractivity contribution < 1.29 is 9.53 Å². The second-order valence-electron chi connectivity index (χ2n) is 6.32. The minimum atomic E-state index is 0.0392. The van der Waals surface area contributed by atoms with Crippen LogP contribution in [0.3, 0.4) is 0 Å². The molecule has 1 aliphatic heterocycles. The van der Waals surface area contributed by atoms with Gasteiger partial charge in [0.2, 0.25) is 0 Å². The normalized spacial score (nSPS) is 15.0. The van der Waals surface area contributed by atoms with Crippen molar-refractivity contribution in [2.24, 2.45) is 0 Å². The maximum absolute atomic E-state index is 11.9. The van der Waals surface area contributed by atoms with Crippen molar-refractivity contribution in [3.63, 3.8) is 0 Å². The summed E-state index contributed by atoms with van der Waals surface area (Å²) in [5, 5.41) is 4.93. The van der Waals surface area contributed by atoms with Crippen molar-refractivity contribution in [2.45, 2.75) is 13.3 Å². The zero-order valence-electron chi connectivity index (χ0n) is 15.3. The fourth-order valence-electron chi connectivity index (χ4n) is 3.21. The number of hydrogen-bond donors (Lipinski definition) is 1. The Labute approximate surface area is 159 Å². The third-order valence-electron chi connectivity index (χ3n) is 4.56. The van der Waals surface area contributed by atoms with Crippen molar-refractivity contribution in [3.8, 4) is 5.75 Å². The summed E-state index contributed by atoms with van der Waals surface area (Å²) in [7, 11) is 0. The Kier molecular flexibility index (Phi) is 6.91. The predicted molar refractivity (Wildman–Crippen MR) is 108 cm³/mol. The van der Waals surface area contributed by atoms with Gasteiger partial charge in [-0.25, -0.2) is 0 Å². The molecule has 1 saturated heterocycles. The molecule has 0 bridgehead atoms. The van der Waals surface area contributed by atoms with E-state index in [4.69, 9.17) is 4.74 Å². The number of benzene rings is 1. The third kappa shape index (κ3) is 4.99. The molecule has 0 radical (unpaired) electrons. The van der Waals surface area contributed by atoms with E-state index in [0.717, 1.165) is 56.3 Å². The molecule has 1 aromatic heterocycles. The maximum Gasteiger partial charge on any atom is 0.261 e. The zero-order chi connectivity index (χ0) is 18.2. The first kappa shape index (κ1) is 18.7. The maximum atomic E-state index is 11.9. The second-order valence-corrected chi connectivity index (χ2v) is 7.26. The molecule has 1 aliphatic rings. The van der Waals surface area contributed by atoms with Crippen molar-refractivity contribution in [3.05, 3.63) is 46.7 Å². The number of nitrogens with zero attached hydrogens (tertiary/aromatic N) is 2. The summed E-state index contributed by atoms with van der Waals surface area (Å²) in [6, 6.07) is 12.0. The van der Waals surface area contributed by atoms with Crippen LogP contribution in [0.5, 0.6) is 5.75 Å². The van der Waals surface area contributed by atoms with Crippen LogP contribution in [0, 0.1) is 0 Å². The highest BCUT2D eigenvalue weighted by atomic mass is 32.1. The van der Waals surface area contributed by atoms with Crippen LogP contribution in [0.2, 0.25) is 0 Å². The monoisotopic (exact) mass is 373 g/mol. The average molecular weight is 374 g/mol. The van der Waals surface area contributed by atoms with Gasteiger partial charge in [-0.1, -0.05) is 18.2 Å². The highest BCUT2D eigenvalue weighted by Crippen LogP contribution is 2.28. The molecule has 0 aliphatic carbocycles. The van der Waals surface area contributed by atoms with Gasteiger partial charge < -0.3 is 15.0 Å². The Hall–Kier alpha value is -2.05. The molecule has 6 heteroatoms. The number of piperazine rings is 1. The molecule has 2 heterocycles. The van der Waals surface area contributed by atoms with Gasteiger partial charge >= 0.3 is 0 Å². The molecule has 1 N–H and O–H groups in total. The lowest BCUT2D eigenvalue weighted by Crippen LogP contribution is -2.47. The van der Waals surface area contributed by atoms with E-state index >= 15 is 0 Å². The fourth-order valence-corrected chi connectivity index (χ4v) is 3.85. The number of anilines is 1. The number of amides is 1. The molecule has 2 aromatic rings. The summed E-state index contributed by atoms with van der Waals surface area (Å²) in [4.78, 5) is 17.6. The van der Waals surface area contributed by atoms with E-state index in [9.17, 15) is 4.79 Å². The fraction of sp³-hybridized carbons (Fsp3) is 0.450. The van der Waals surface area contributed by atoms with Gasteiger partial charge in [-0.2, -0.15) is 0 Å². The highest BCUT2D eigenvalue weighted by Gasteiger charge is 2.19. The molecule has 26 heavy (non-hydrogen) atoms. The lowest BCUT2D eigenvalue weighted by Gasteiger charge is -2.36. The van der Waals surface area contributed by atoms with Crippen LogP contribution < -0.4 is 15.0 Å². The topological polar surface area (TPSA) is 44.8 Å². The summed E-state index contributed by atoms with van der Waals surface area (Å²) in [6.07, 6.45) is 0.979. The first-order valence-electron chi connectivity index (χ1n) is 9.28. The van der Waals surface area contributed by atoms with Crippen LogP contribution in [0.4, 0.5) is 5.69 Å². The summed E-state index contributed by atoms with van der Waals surface area (Å²) >= 11 is 1.48. The van der Waals surface area contributed by atoms with Gasteiger partial charge in [0.1, 0.15) is 5.75 Å². The zero-order valence-corrected chi connectivity index (χ0v) is 16.1. The van der Waals surface area contributed by atoms with E-state index in [-0.39, 0.29) is 5.91 Å². The van der Waals surface area contributed by atoms with Crippen molar-refractivity contribution >= 4 is 22.9 Å². The lowest BCUT2D eigenvalue weighted by atomic mass is 10.2. The standard InChI is InChI=1S/C20H27N3O2S/c1-2-25-18-8-4-3-7-17(18)23-14-12-22(13-15-23)11-6-10-21-20(24)19-9-5-16-26-19/h3-5,7-9,16H,2,6,10-15H2,1H3,(H,21,24). The number of carbonyl (C=O) groups excluding carboxylic acids is 1. The lowest BCUT2D eigenvalue weighted by molar-refractivity contribution is 0.0955. The van der Waals surface area contributed by atoms with Crippen LogP contribution >= 0.6 is 11.3 Å². The molecule has 0 unspecified atom stereocenters. The number of carbonyl (C=O) groups is 1. The quantitative estimate of drug-likeness (QED) is 0.722. The van der Waals surface area contributed by atoms with Crippen molar-refractivity contribution in [1.82, 2.24) is 10.2 Å². The number of thiophene rings is 1. The molecule has 0 atom stereocenters. The smallest absolute Gasteiger partial charge is 0.261 e. The van der Waals surface area contributed by atoms with Gasteiger partial charge in [0.25, 0.3) is 5.91 Å². The van der Waals surface area contributed by atoms with E-state index in [2.05, 4.69) is 27.2 Å². The molecule has 5 nitrogen and oxygen atoms in total. The van der Waals surface area contributed by atoms with Crippen LogP contribution in [0.1, 0.15) is 23.0 Å². The first-order valence-corrected chi connectivity index (χ1v) is 10.2. The van der Waals surface area contributed by atoms with Gasteiger partial charge in [0.05, 0.1) is 17.2 Å². The van der Waals surface area contributed by atoms with E-state index in [1.54, 1.807) is 0 Å². The number of ether oxygens (including phenoxy) is 1. The molecule has 0 spiro atoms. The van der Waals surface area contributed by atoms with Crippen LogP contribution in [0.15, 0.2) is 41.8 Å². The van der Waals surface area contributed by atoms with E-state index in [0.29, 0.717) is 6.61 Å². The van der Waals surface area contributed by atoms with E-state index < -0.39 is 0 Å². The number of rotatable bonds is 8. The second kappa shape index (κ2) is 9.59. The molecule has 1 amide bonds. The predicted octanol–water partition coefficient (Wildman–Crippen LogP) is 3.09. The number of para-hydroxylation sites is 2. The average Bonchev–Trinajstić information content (AvgIpc) is 3.21. The summed E-state index contributed by atoms with van der Waals surface area (Å²) in [6.45, 7) is 8.55. The van der Waals surface area contributed by atoms with Gasteiger partial charge in [-0.3, -0.25) is 9.69 Å². The van der Waals surface area contributed by atoms with Gasteiger partial charge in [0.15, 0.2) is 0 Å². The van der Waals surface area contributed by atoms with Gasteiger partial charge in [0, 0.05) is 32.7 Å². The Morgan fingerprint density at radius 2 is 1.96 bits per heavy atom. The summed E-state index contributed by atoms with van der Waals surface area (Å²) in [5.41, 5.74) is 1.19. The Morgan fingerprint density at radius 1 is 1.15 bits per heavy atom. The van der Waals surface area contributed by atoms with Crippen molar-refractivity contribution in [1.29, 1.82) is 0 Å². The minimum Gasteiger partial charge on any atom is -0.492 e. The molecular formula is C20H27N3O2S. The van der Waals surface area contributed by atoms with Crippen LogP contribution in [-0.2, 0) is 0 Å². The van der Waals surface area contributed by atoms with E-state index in [1.165, 1.54) is 17.0 Å². The van der Waals surface area contributed by atoms with E-state index in [1.807, 2.05) is 36.6 Å². The van der Waals surface area contributed by atoms with Crippen molar-refractivity contribution in [2.75, 3.05) is 50.8 Å². The molecule has 140 valence electrons. The SMILES string of the molecule is CCOc1ccccc1N1CCN(CCCNC(=O)c2cccs2)CC1. The molecule has 1 fully saturated rings. The minimum absolute atomic E-state index is 0.0392. The highest BCUT2D eigenvalue weighted by molar-refractivity contribution is 7.12. The largest absolute Gasteiger partial charge is 0.492 e. The van der Waals surface area contributed by atoms with Crippen LogP contribution in [-0.4, -0.2) is 56.7 Å². The Bertz CT molecular complexity index is 682. The molecular weight excluding hydrogens is 346 g/mol. The third-order valence-corrected chi connectivity index (χ3v) is 5.43. The summed E-state index contributed by atoms with van der Waals surface area (Å²) < 4.78 is 5.75. The summed E-state index contributed by atoms with van der Waals surface area (Å²) in [5.74, 6) is 1.01. The Balaban J connectivity index is 1.38. The van der Waals surface area contributed by atoms with Crippen LogP contribution in [0.25, 0.3) is 0 Å². The number of hydrogen-bond acceptors (Lipinski definition) is 5. The van der Waals surface area contributed by atoms with Gasteiger partial charge in [-0.05, 0) is 43.5 Å². The van der Waals surface area contributed by atoms with Gasteiger partial charge in [-0.15, -0.1) is 11.3 Å². The molecule has 0 saturated carbocycles. The first-order chi connectivity index (χ1) is 12.8. The number of nitrogens with one attached hydrogen (secondary N) is 1. The molecule has 3 rings (SSSR count).